The highest BCUT2D eigenvalue weighted by Crippen LogP contribution is 2.33. The van der Waals surface area contributed by atoms with Gasteiger partial charge in [0, 0.05) is 16.1 Å². The summed E-state index contributed by atoms with van der Waals surface area (Å²) in [6.07, 6.45) is 5.73. The molecule has 4 nitrogen and oxygen atoms in total. The van der Waals surface area contributed by atoms with Crippen LogP contribution in [0.5, 0.6) is 5.75 Å². The summed E-state index contributed by atoms with van der Waals surface area (Å²) in [7, 11) is 0. The lowest BCUT2D eigenvalue weighted by atomic mass is 9.86. The molecular formula is C17H18Br2N2O2. The monoisotopic (exact) mass is 440 g/mol. The topological polar surface area (TPSA) is 73.1 Å². The van der Waals surface area contributed by atoms with Crippen molar-refractivity contribution in [1.29, 1.82) is 5.26 Å². The molecule has 0 heterocycles. The largest absolute Gasteiger partial charge is 0.506 e. The average molecular weight is 442 g/mol. The van der Waals surface area contributed by atoms with Gasteiger partial charge in [0.05, 0.1) is 4.47 Å². The second kappa shape index (κ2) is 7.98. The maximum Gasteiger partial charge on any atom is 0.262 e. The molecule has 0 spiro atoms. The van der Waals surface area contributed by atoms with Crippen LogP contribution in [0, 0.1) is 17.2 Å². The molecule has 0 radical (unpaired) electrons. The molecule has 1 fully saturated rings. The van der Waals surface area contributed by atoms with E-state index in [-0.39, 0.29) is 23.3 Å². The molecule has 0 saturated heterocycles. The number of phenols is 1. The molecular weight excluding hydrogens is 424 g/mol. The number of hydrogen-bond donors (Lipinski definition) is 2. The van der Waals surface area contributed by atoms with Crippen LogP contribution in [-0.2, 0) is 4.79 Å². The van der Waals surface area contributed by atoms with Crippen molar-refractivity contribution >= 4 is 43.8 Å². The van der Waals surface area contributed by atoms with Crippen molar-refractivity contribution in [3.05, 3.63) is 32.2 Å². The van der Waals surface area contributed by atoms with Crippen LogP contribution >= 0.6 is 31.9 Å². The minimum atomic E-state index is -0.387. The van der Waals surface area contributed by atoms with E-state index in [0.29, 0.717) is 16.0 Å². The van der Waals surface area contributed by atoms with Gasteiger partial charge >= 0.3 is 0 Å². The molecule has 0 aliphatic heterocycles. The lowest BCUT2D eigenvalue weighted by molar-refractivity contribution is -0.118. The third-order valence-electron chi connectivity index (χ3n) is 4.15. The fourth-order valence-electron chi connectivity index (χ4n) is 2.78. The molecule has 23 heavy (non-hydrogen) atoms. The number of nitrogens with one attached hydrogen (secondary N) is 1. The van der Waals surface area contributed by atoms with Crippen molar-refractivity contribution in [2.24, 2.45) is 5.92 Å². The lowest BCUT2D eigenvalue weighted by Crippen LogP contribution is -2.41. The van der Waals surface area contributed by atoms with Crippen LogP contribution < -0.4 is 5.32 Å². The number of phenolic OH excluding ortho intramolecular Hbond substituents is 1. The molecule has 1 amide bonds. The van der Waals surface area contributed by atoms with E-state index in [0.717, 1.165) is 23.7 Å². The number of carbonyl (C=O) groups is 1. The third-order valence-corrected chi connectivity index (χ3v) is 5.21. The fraction of sp³-hybridized carbons (Fsp3) is 0.412. The Labute approximate surface area is 152 Å². The zero-order valence-corrected chi connectivity index (χ0v) is 15.9. The van der Waals surface area contributed by atoms with Crippen LogP contribution in [0.3, 0.4) is 0 Å². The molecule has 2 atom stereocenters. The summed E-state index contributed by atoms with van der Waals surface area (Å²) >= 11 is 6.57. The average Bonchev–Trinajstić information content (AvgIpc) is 2.51. The number of rotatable bonds is 3. The molecule has 0 bridgehead atoms. The van der Waals surface area contributed by atoms with E-state index < -0.39 is 0 Å². The van der Waals surface area contributed by atoms with Gasteiger partial charge in [0.2, 0.25) is 0 Å². The van der Waals surface area contributed by atoms with Gasteiger partial charge in [0.1, 0.15) is 17.4 Å². The van der Waals surface area contributed by atoms with Crippen LogP contribution in [0.1, 0.15) is 38.2 Å². The molecule has 1 aliphatic rings. The van der Waals surface area contributed by atoms with E-state index in [1.54, 1.807) is 12.1 Å². The number of nitriles is 1. The molecule has 1 saturated carbocycles. The van der Waals surface area contributed by atoms with Crippen molar-refractivity contribution in [3.8, 4) is 11.8 Å². The Morgan fingerprint density at radius 2 is 2.09 bits per heavy atom. The first-order chi connectivity index (χ1) is 10.9. The predicted octanol–water partition coefficient (Wildman–Crippen LogP) is 4.52. The first-order valence-corrected chi connectivity index (χ1v) is 9.11. The van der Waals surface area contributed by atoms with Gasteiger partial charge in [-0.15, -0.1) is 0 Å². The maximum atomic E-state index is 12.4. The first-order valence-electron chi connectivity index (χ1n) is 7.53. The highest BCUT2D eigenvalue weighted by molar-refractivity contribution is 9.11. The summed E-state index contributed by atoms with van der Waals surface area (Å²) in [6.45, 7) is 2.12. The number of nitrogens with zero attached hydrogens (tertiary/aromatic N) is 1. The zero-order valence-electron chi connectivity index (χ0n) is 12.8. The minimum Gasteiger partial charge on any atom is -0.506 e. The number of aromatic hydroxyl groups is 1. The molecule has 2 N–H and O–H groups in total. The van der Waals surface area contributed by atoms with Crippen LogP contribution in [0.4, 0.5) is 0 Å². The SMILES string of the molecule is C[C@H]1CCCC[C@@H]1NC(=O)/C(C#N)=C/c1cc(Br)cc(Br)c1O. The van der Waals surface area contributed by atoms with Crippen molar-refractivity contribution < 1.29 is 9.90 Å². The van der Waals surface area contributed by atoms with Gasteiger partial charge in [-0.2, -0.15) is 5.26 Å². The maximum absolute atomic E-state index is 12.4. The quantitative estimate of drug-likeness (QED) is 0.534. The molecule has 6 heteroatoms. The van der Waals surface area contributed by atoms with Crippen LogP contribution in [0.15, 0.2) is 26.7 Å². The van der Waals surface area contributed by atoms with E-state index in [9.17, 15) is 15.2 Å². The minimum absolute atomic E-state index is 0.000200. The molecule has 1 aromatic rings. The van der Waals surface area contributed by atoms with Crippen molar-refractivity contribution in [2.45, 2.75) is 38.6 Å². The van der Waals surface area contributed by atoms with Crippen molar-refractivity contribution in [3.63, 3.8) is 0 Å². The Morgan fingerprint density at radius 3 is 2.74 bits per heavy atom. The third kappa shape index (κ3) is 4.58. The van der Waals surface area contributed by atoms with E-state index in [1.165, 1.54) is 12.5 Å². The molecule has 1 aliphatic carbocycles. The number of hydrogen-bond acceptors (Lipinski definition) is 3. The van der Waals surface area contributed by atoms with E-state index in [1.807, 2.05) is 6.07 Å². The van der Waals surface area contributed by atoms with E-state index in [4.69, 9.17) is 0 Å². The highest BCUT2D eigenvalue weighted by Gasteiger charge is 2.24. The van der Waals surface area contributed by atoms with Gasteiger partial charge in [-0.25, -0.2) is 0 Å². The Balaban J connectivity index is 2.22. The van der Waals surface area contributed by atoms with E-state index >= 15 is 0 Å². The van der Waals surface area contributed by atoms with Crippen LogP contribution in [0.2, 0.25) is 0 Å². The molecule has 0 aromatic heterocycles. The Morgan fingerprint density at radius 1 is 1.39 bits per heavy atom. The smallest absolute Gasteiger partial charge is 0.262 e. The zero-order chi connectivity index (χ0) is 17.0. The number of amides is 1. The second-order valence-corrected chi connectivity index (χ2v) is 7.61. The van der Waals surface area contributed by atoms with E-state index in [2.05, 4.69) is 44.1 Å². The standard InChI is InChI=1S/C17H18Br2N2O2/c1-10-4-2-3-5-15(10)21-17(23)12(9-20)6-11-7-13(18)8-14(19)16(11)22/h6-8,10,15,22H,2-5H2,1H3,(H,21,23)/b12-6+/t10-,15-/m0/s1. The number of carbonyl (C=O) groups excluding carboxylic acids is 1. The molecule has 2 rings (SSSR count). The van der Waals surface area contributed by atoms with Gasteiger partial charge in [0.25, 0.3) is 5.91 Å². The Bertz CT molecular complexity index is 680. The molecule has 0 unspecified atom stereocenters. The molecule has 1 aromatic carbocycles. The second-order valence-electron chi connectivity index (χ2n) is 5.84. The van der Waals surface area contributed by atoms with Crippen LogP contribution in [0.25, 0.3) is 6.08 Å². The number of halogens is 2. The summed E-state index contributed by atoms with van der Waals surface area (Å²) in [5.41, 5.74) is 0.401. The Hall–Kier alpha value is -1.32. The van der Waals surface area contributed by atoms with Gasteiger partial charge in [-0.05, 0) is 52.9 Å². The predicted molar refractivity (Wildman–Crippen MR) is 96.7 cm³/mol. The summed E-state index contributed by atoms with van der Waals surface area (Å²) in [5, 5.41) is 22.3. The normalized spacial score (nSPS) is 21.6. The van der Waals surface area contributed by atoms with Crippen molar-refractivity contribution in [1.82, 2.24) is 5.32 Å². The fourth-order valence-corrected chi connectivity index (χ4v) is 4.04. The van der Waals surface area contributed by atoms with Gasteiger partial charge in [-0.1, -0.05) is 35.7 Å². The van der Waals surface area contributed by atoms with Gasteiger partial charge in [0.15, 0.2) is 0 Å². The van der Waals surface area contributed by atoms with Crippen LogP contribution in [-0.4, -0.2) is 17.1 Å². The molecule has 122 valence electrons. The highest BCUT2D eigenvalue weighted by atomic mass is 79.9. The number of benzene rings is 1. The summed E-state index contributed by atoms with van der Waals surface area (Å²) < 4.78 is 1.24. The van der Waals surface area contributed by atoms with Gasteiger partial charge in [-0.3, -0.25) is 4.79 Å². The first kappa shape index (κ1) is 18.0. The Kier molecular flexibility index (Phi) is 6.25. The van der Waals surface area contributed by atoms with Gasteiger partial charge < -0.3 is 10.4 Å². The summed E-state index contributed by atoms with van der Waals surface area (Å²) in [5.74, 6) is 0.0302. The summed E-state index contributed by atoms with van der Waals surface area (Å²) in [6, 6.07) is 5.39. The summed E-state index contributed by atoms with van der Waals surface area (Å²) in [4.78, 5) is 12.4. The lowest BCUT2D eigenvalue weighted by Gasteiger charge is -2.29. The van der Waals surface area contributed by atoms with Crippen molar-refractivity contribution in [2.75, 3.05) is 0 Å².